The van der Waals surface area contributed by atoms with Gasteiger partial charge in [0.15, 0.2) is 11.5 Å². The van der Waals surface area contributed by atoms with Crippen LogP contribution in [0.15, 0.2) is 12.1 Å². The molecular weight excluding hydrogens is 398 g/mol. The van der Waals surface area contributed by atoms with E-state index in [4.69, 9.17) is 9.47 Å². The number of aryl methyl sites for hydroxylation is 1. The van der Waals surface area contributed by atoms with Gasteiger partial charge in [0, 0.05) is 0 Å². The largest absolute Gasteiger partial charge is 0.633 e. The van der Waals surface area contributed by atoms with E-state index in [1.165, 1.54) is 89.0 Å². The minimum absolute atomic E-state index is 0.370. The van der Waals surface area contributed by atoms with Gasteiger partial charge in [-0.15, -0.1) is 0 Å². The predicted molar refractivity (Wildman–Crippen MR) is 137 cm³/mol. The Bertz CT molecular complexity index is 595. The summed E-state index contributed by atoms with van der Waals surface area (Å²) in [6.45, 7) is 5.46. The topological polar surface area (TPSA) is 41.5 Å². The first kappa shape index (κ1) is 28.8. The summed E-state index contributed by atoms with van der Waals surface area (Å²) in [7, 11) is 5.01. The minimum atomic E-state index is -0.370. The third-order valence-corrected chi connectivity index (χ3v) is 6.12. The van der Waals surface area contributed by atoms with Crippen molar-refractivity contribution in [2.75, 3.05) is 27.8 Å². The van der Waals surface area contributed by atoms with Crippen molar-refractivity contribution in [2.45, 2.75) is 117 Å². The first-order valence-corrected chi connectivity index (χ1v) is 13.3. The molecule has 32 heavy (non-hydrogen) atoms. The van der Waals surface area contributed by atoms with Crippen LogP contribution in [0.2, 0.25) is 0 Å². The maximum atomic E-state index is 12.3. The van der Waals surface area contributed by atoms with Gasteiger partial charge in [-0.25, -0.2) is 0 Å². The van der Waals surface area contributed by atoms with Gasteiger partial charge in [-0.1, -0.05) is 97.3 Å². The van der Waals surface area contributed by atoms with Gasteiger partial charge in [-0.3, -0.25) is 0 Å². The SMILES string of the molecule is CCCCCCCCCCCCCCCCOc1c(C[N+](C)(C)[O-])cc(CC)cc1OC. The lowest BCUT2D eigenvalue weighted by Crippen LogP contribution is -2.31. The van der Waals surface area contributed by atoms with E-state index in [2.05, 4.69) is 19.9 Å². The molecule has 1 aromatic carbocycles. The first-order valence-electron chi connectivity index (χ1n) is 13.3. The summed E-state index contributed by atoms with van der Waals surface area (Å²) in [6, 6.07) is 4.13. The van der Waals surface area contributed by atoms with Crippen LogP contribution in [-0.4, -0.2) is 32.5 Å². The molecule has 0 aliphatic rings. The van der Waals surface area contributed by atoms with Crippen molar-refractivity contribution in [1.82, 2.24) is 0 Å². The van der Waals surface area contributed by atoms with E-state index in [0.29, 0.717) is 13.2 Å². The van der Waals surface area contributed by atoms with Crippen molar-refractivity contribution in [3.8, 4) is 11.5 Å². The third-order valence-electron chi connectivity index (χ3n) is 6.12. The lowest BCUT2D eigenvalue weighted by molar-refractivity contribution is -0.853. The second-order valence-electron chi connectivity index (χ2n) is 9.82. The average molecular weight is 450 g/mol. The normalized spacial score (nSPS) is 11.7. The highest BCUT2D eigenvalue weighted by molar-refractivity contribution is 5.49. The highest BCUT2D eigenvalue weighted by Crippen LogP contribution is 2.35. The van der Waals surface area contributed by atoms with Crippen molar-refractivity contribution >= 4 is 0 Å². The van der Waals surface area contributed by atoms with Crippen LogP contribution >= 0.6 is 0 Å². The van der Waals surface area contributed by atoms with E-state index >= 15 is 0 Å². The molecule has 0 amide bonds. The molecule has 0 heterocycles. The molecule has 0 aliphatic carbocycles. The van der Waals surface area contributed by atoms with Gasteiger partial charge in [0.25, 0.3) is 0 Å². The monoisotopic (exact) mass is 449 g/mol. The van der Waals surface area contributed by atoms with Gasteiger partial charge in [0.1, 0.15) is 6.54 Å². The Morgan fingerprint density at radius 2 is 1.25 bits per heavy atom. The van der Waals surface area contributed by atoms with Gasteiger partial charge in [0.2, 0.25) is 0 Å². The van der Waals surface area contributed by atoms with Gasteiger partial charge < -0.3 is 19.3 Å². The van der Waals surface area contributed by atoms with E-state index < -0.39 is 0 Å². The molecule has 4 nitrogen and oxygen atoms in total. The molecule has 0 radical (unpaired) electrons. The molecular formula is C28H51NO3. The number of ether oxygens (including phenoxy) is 2. The fourth-order valence-electron chi connectivity index (χ4n) is 4.24. The molecule has 0 unspecified atom stereocenters. The van der Waals surface area contributed by atoms with Crippen LogP contribution in [0.1, 0.15) is 115 Å². The molecule has 0 spiro atoms. The van der Waals surface area contributed by atoms with Crippen LogP contribution < -0.4 is 9.47 Å². The smallest absolute Gasteiger partial charge is 0.169 e. The summed E-state index contributed by atoms with van der Waals surface area (Å²) in [5, 5.41) is 12.3. The Labute approximate surface area is 198 Å². The van der Waals surface area contributed by atoms with Gasteiger partial charge >= 0.3 is 0 Å². The molecule has 186 valence electrons. The first-order chi connectivity index (χ1) is 15.4. The number of quaternary nitrogens is 1. The highest BCUT2D eigenvalue weighted by Gasteiger charge is 2.17. The van der Waals surface area contributed by atoms with Gasteiger partial charge in [-0.2, -0.15) is 0 Å². The van der Waals surface area contributed by atoms with Crippen molar-refractivity contribution in [3.05, 3.63) is 28.5 Å². The Morgan fingerprint density at radius 1 is 0.750 bits per heavy atom. The zero-order valence-corrected chi connectivity index (χ0v) is 21.8. The third kappa shape index (κ3) is 13.3. The Kier molecular flexibility index (Phi) is 15.5. The van der Waals surface area contributed by atoms with E-state index in [1.807, 2.05) is 6.07 Å². The summed E-state index contributed by atoms with van der Waals surface area (Å²) < 4.78 is 11.4. The molecule has 0 atom stereocenters. The number of hydroxylamine groups is 3. The van der Waals surface area contributed by atoms with Crippen LogP contribution in [0.25, 0.3) is 0 Å². The lowest BCUT2D eigenvalue weighted by atomic mass is 10.0. The number of hydrogen-bond donors (Lipinski definition) is 0. The minimum Gasteiger partial charge on any atom is -0.633 e. The van der Waals surface area contributed by atoms with E-state index in [1.54, 1.807) is 21.2 Å². The van der Waals surface area contributed by atoms with Crippen molar-refractivity contribution in [2.24, 2.45) is 0 Å². The number of methoxy groups -OCH3 is 1. The molecule has 0 fully saturated rings. The molecule has 0 saturated heterocycles. The van der Waals surface area contributed by atoms with Gasteiger partial charge in [0.05, 0.1) is 33.4 Å². The van der Waals surface area contributed by atoms with Crippen molar-refractivity contribution in [1.29, 1.82) is 0 Å². The van der Waals surface area contributed by atoms with Crippen LogP contribution in [0.5, 0.6) is 11.5 Å². The second-order valence-corrected chi connectivity index (χ2v) is 9.82. The number of unbranched alkanes of at least 4 members (excludes halogenated alkanes) is 13. The lowest BCUT2D eigenvalue weighted by Gasteiger charge is -2.34. The quantitative estimate of drug-likeness (QED) is 0.114. The van der Waals surface area contributed by atoms with Crippen molar-refractivity contribution < 1.29 is 14.1 Å². The van der Waals surface area contributed by atoms with Crippen LogP contribution in [0.3, 0.4) is 0 Å². The Morgan fingerprint density at radius 3 is 1.69 bits per heavy atom. The standard InChI is InChI=1S/C28H51NO3/c1-6-8-9-10-11-12-13-14-15-16-17-18-19-20-21-32-28-26(24-29(3,4)30)22-25(7-2)23-27(28)31-5/h22-23H,6-21,24H2,1-5H3. The van der Waals surface area contributed by atoms with E-state index in [-0.39, 0.29) is 4.65 Å². The van der Waals surface area contributed by atoms with Crippen LogP contribution in [0.4, 0.5) is 0 Å². The summed E-state index contributed by atoms with van der Waals surface area (Å²) in [4.78, 5) is 0. The molecule has 0 aliphatic heterocycles. The van der Waals surface area contributed by atoms with E-state index in [0.717, 1.165) is 29.9 Å². The summed E-state index contributed by atoms with van der Waals surface area (Å²) >= 11 is 0. The fourth-order valence-corrected chi connectivity index (χ4v) is 4.24. The summed E-state index contributed by atoms with van der Waals surface area (Å²) in [5.74, 6) is 1.50. The van der Waals surface area contributed by atoms with E-state index in [9.17, 15) is 5.21 Å². The number of benzene rings is 1. The Hall–Kier alpha value is -1.26. The number of nitrogens with zero attached hydrogens (tertiary/aromatic N) is 1. The maximum Gasteiger partial charge on any atom is 0.169 e. The number of hydrogen-bond acceptors (Lipinski definition) is 3. The molecule has 1 aromatic rings. The fraction of sp³-hybridized carbons (Fsp3) is 0.786. The number of rotatable bonds is 20. The summed E-state index contributed by atoms with van der Waals surface area (Å²) in [6.07, 6.45) is 19.8. The summed E-state index contributed by atoms with van der Waals surface area (Å²) in [5.41, 5.74) is 2.13. The highest BCUT2D eigenvalue weighted by atomic mass is 16.5. The van der Waals surface area contributed by atoms with Crippen LogP contribution in [0, 0.1) is 5.21 Å². The average Bonchev–Trinajstić information content (AvgIpc) is 2.75. The molecule has 0 N–H and O–H groups in total. The zero-order valence-electron chi connectivity index (χ0n) is 21.8. The van der Waals surface area contributed by atoms with Gasteiger partial charge in [-0.05, 0) is 30.5 Å². The molecule has 0 aromatic heterocycles. The maximum absolute atomic E-state index is 12.3. The van der Waals surface area contributed by atoms with Crippen LogP contribution in [-0.2, 0) is 13.0 Å². The molecule has 4 heteroatoms. The molecule has 1 rings (SSSR count). The molecule has 0 bridgehead atoms. The Balaban J connectivity index is 2.22. The zero-order chi connectivity index (χ0) is 23.7. The molecule has 0 saturated carbocycles. The predicted octanol–water partition coefficient (Wildman–Crippen LogP) is 8.19. The second kappa shape index (κ2) is 17.2. The van der Waals surface area contributed by atoms with Crippen molar-refractivity contribution in [3.63, 3.8) is 0 Å².